The standard InChI is InChI=1S/C11H18N4O/c1-3-11(12,4-2)10(16)14-7-9-5-6-13-8-15-9/h5-6,8H,3-4,7,12H2,1-2H3,(H,14,16). The smallest absolute Gasteiger partial charge is 0.240 e. The van der Waals surface area contributed by atoms with Crippen molar-refractivity contribution in [1.29, 1.82) is 0 Å². The van der Waals surface area contributed by atoms with Crippen molar-refractivity contribution in [2.24, 2.45) is 5.73 Å². The predicted octanol–water partition coefficient (Wildman–Crippen LogP) is 0.610. The fourth-order valence-corrected chi connectivity index (χ4v) is 1.34. The maximum Gasteiger partial charge on any atom is 0.240 e. The summed E-state index contributed by atoms with van der Waals surface area (Å²) < 4.78 is 0. The summed E-state index contributed by atoms with van der Waals surface area (Å²) in [6.45, 7) is 4.21. The van der Waals surface area contributed by atoms with Crippen molar-refractivity contribution in [3.63, 3.8) is 0 Å². The molecule has 0 unspecified atom stereocenters. The number of hydrogen-bond acceptors (Lipinski definition) is 4. The highest BCUT2D eigenvalue weighted by molar-refractivity contribution is 5.85. The summed E-state index contributed by atoms with van der Waals surface area (Å²) in [6.07, 6.45) is 4.35. The van der Waals surface area contributed by atoms with Crippen LogP contribution in [-0.4, -0.2) is 21.4 Å². The molecule has 0 fully saturated rings. The fourth-order valence-electron chi connectivity index (χ4n) is 1.34. The van der Waals surface area contributed by atoms with Crippen molar-refractivity contribution in [3.05, 3.63) is 24.3 Å². The Morgan fingerprint density at radius 2 is 2.19 bits per heavy atom. The molecule has 0 spiro atoms. The first kappa shape index (κ1) is 12.6. The van der Waals surface area contributed by atoms with E-state index in [1.165, 1.54) is 6.33 Å². The SMILES string of the molecule is CCC(N)(CC)C(=O)NCc1ccncn1. The normalized spacial score (nSPS) is 11.2. The van der Waals surface area contributed by atoms with Gasteiger partial charge in [0, 0.05) is 6.20 Å². The highest BCUT2D eigenvalue weighted by Crippen LogP contribution is 2.11. The molecule has 16 heavy (non-hydrogen) atoms. The van der Waals surface area contributed by atoms with E-state index in [4.69, 9.17) is 5.73 Å². The maximum atomic E-state index is 11.8. The number of carbonyl (C=O) groups excluding carboxylic acids is 1. The van der Waals surface area contributed by atoms with Gasteiger partial charge >= 0.3 is 0 Å². The van der Waals surface area contributed by atoms with Gasteiger partial charge in [-0.3, -0.25) is 4.79 Å². The van der Waals surface area contributed by atoms with Gasteiger partial charge < -0.3 is 11.1 Å². The molecule has 0 aliphatic rings. The van der Waals surface area contributed by atoms with E-state index in [1.807, 2.05) is 13.8 Å². The molecule has 0 radical (unpaired) electrons. The lowest BCUT2D eigenvalue weighted by atomic mass is 9.93. The van der Waals surface area contributed by atoms with Crippen LogP contribution in [0.15, 0.2) is 18.6 Å². The van der Waals surface area contributed by atoms with Gasteiger partial charge in [0.1, 0.15) is 6.33 Å². The minimum atomic E-state index is -0.771. The van der Waals surface area contributed by atoms with Crippen molar-refractivity contribution in [3.8, 4) is 0 Å². The van der Waals surface area contributed by atoms with E-state index < -0.39 is 5.54 Å². The van der Waals surface area contributed by atoms with E-state index in [1.54, 1.807) is 12.3 Å². The molecule has 3 N–H and O–H groups in total. The Bertz CT molecular complexity index is 335. The zero-order chi connectivity index (χ0) is 12.0. The zero-order valence-corrected chi connectivity index (χ0v) is 9.73. The summed E-state index contributed by atoms with van der Waals surface area (Å²) >= 11 is 0. The molecule has 0 aromatic carbocycles. The first-order valence-electron chi connectivity index (χ1n) is 5.44. The molecule has 1 rings (SSSR count). The van der Waals surface area contributed by atoms with Crippen LogP contribution in [0, 0.1) is 0 Å². The maximum absolute atomic E-state index is 11.8. The second kappa shape index (κ2) is 5.55. The molecule has 1 heterocycles. The molecule has 5 nitrogen and oxygen atoms in total. The monoisotopic (exact) mass is 222 g/mol. The van der Waals surface area contributed by atoms with Crippen LogP contribution in [0.4, 0.5) is 0 Å². The number of carbonyl (C=O) groups is 1. The van der Waals surface area contributed by atoms with E-state index in [2.05, 4.69) is 15.3 Å². The third-order valence-electron chi connectivity index (χ3n) is 2.79. The average molecular weight is 222 g/mol. The van der Waals surface area contributed by atoms with Gasteiger partial charge in [-0.1, -0.05) is 13.8 Å². The first-order chi connectivity index (χ1) is 7.62. The van der Waals surface area contributed by atoms with Gasteiger partial charge in [-0.25, -0.2) is 9.97 Å². The summed E-state index contributed by atoms with van der Waals surface area (Å²) in [5.41, 5.74) is 5.96. The van der Waals surface area contributed by atoms with Crippen LogP contribution in [0.1, 0.15) is 32.4 Å². The Morgan fingerprint density at radius 1 is 1.50 bits per heavy atom. The van der Waals surface area contributed by atoms with Gasteiger partial charge in [0.15, 0.2) is 0 Å². The lowest BCUT2D eigenvalue weighted by molar-refractivity contribution is -0.126. The lowest BCUT2D eigenvalue weighted by Crippen LogP contribution is -2.52. The molecular formula is C11H18N4O. The summed E-state index contributed by atoms with van der Waals surface area (Å²) in [5, 5.41) is 2.79. The molecule has 0 aliphatic carbocycles. The van der Waals surface area contributed by atoms with Gasteiger partial charge in [-0.05, 0) is 18.9 Å². The largest absolute Gasteiger partial charge is 0.349 e. The number of nitrogens with one attached hydrogen (secondary N) is 1. The van der Waals surface area contributed by atoms with Gasteiger partial charge in [0.05, 0.1) is 17.8 Å². The Hall–Kier alpha value is -1.49. The Morgan fingerprint density at radius 3 is 2.69 bits per heavy atom. The number of aromatic nitrogens is 2. The van der Waals surface area contributed by atoms with Gasteiger partial charge in [0.2, 0.25) is 5.91 Å². The molecule has 0 atom stereocenters. The summed E-state index contributed by atoms with van der Waals surface area (Å²) in [5.74, 6) is -0.129. The first-order valence-corrected chi connectivity index (χ1v) is 5.44. The molecule has 0 aliphatic heterocycles. The van der Waals surface area contributed by atoms with Gasteiger partial charge in [0.25, 0.3) is 0 Å². The van der Waals surface area contributed by atoms with Crippen LogP contribution in [0.25, 0.3) is 0 Å². The summed E-state index contributed by atoms with van der Waals surface area (Å²) in [7, 11) is 0. The molecular weight excluding hydrogens is 204 g/mol. The van der Waals surface area contributed by atoms with Crippen LogP contribution in [0.3, 0.4) is 0 Å². The van der Waals surface area contributed by atoms with E-state index >= 15 is 0 Å². The predicted molar refractivity (Wildman–Crippen MR) is 61.4 cm³/mol. The average Bonchev–Trinajstić information content (AvgIpc) is 2.36. The Kier molecular flexibility index (Phi) is 4.37. The van der Waals surface area contributed by atoms with Crippen molar-refractivity contribution < 1.29 is 4.79 Å². The number of rotatable bonds is 5. The molecule has 0 saturated heterocycles. The number of nitrogens with two attached hydrogens (primary N) is 1. The third-order valence-corrected chi connectivity index (χ3v) is 2.79. The molecule has 0 saturated carbocycles. The van der Waals surface area contributed by atoms with E-state index in [-0.39, 0.29) is 5.91 Å². The second-order valence-electron chi connectivity index (χ2n) is 3.75. The van der Waals surface area contributed by atoms with Crippen LogP contribution < -0.4 is 11.1 Å². The Balaban J connectivity index is 2.53. The number of nitrogens with zero attached hydrogens (tertiary/aromatic N) is 2. The summed E-state index contributed by atoms with van der Waals surface area (Å²) in [6, 6.07) is 1.76. The number of amides is 1. The topological polar surface area (TPSA) is 80.9 Å². The van der Waals surface area contributed by atoms with Crippen LogP contribution in [0.2, 0.25) is 0 Å². The van der Waals surface area contributed by atoms with Crippen LogP contribution >= 0.6 is 0 Å². The lowest BCUT2D eigenvalue weighted by Gasteiger charge is -2.24. The molecule has 88 valence electrons. The molecule has 1 amide bonds. The van der Waals surface area contributed by atoms with Crippen molar-refractivity contribution >= 4 is 5.91 Å². The molecule has 1 aromatic heterocycles. The van der Waals surface area contributed by atoms with Crippen molar-refractivity contribution in [2.75, 3.05) is 0 Å². The van der Waals surface area contributed by atoms with Gasteiger partial charge in [-0.15, -0.1) is 0 Å². The van der Waals surface area contributed by atoms with E-state index in [9.17, 15) is 4.79 Å². The quantitative estimate of drug-likeness (QED) is 0.765. The van der Waals surface area contributed by atoms with Crippen LogP contribution in [0.5, 0.6) is 0 Å². The second-order valence-corrected chi connectivity index (χ2v) is 3.75. The van der Waals surface area contributed by atoms with Crippen LogP contribution in [-0.2, 0) is 11.3 Å². The van der Waals surface area contributed by atoms with E-state index in [0.29, 0.717) is 19.4 Å². The fraction of sp³-hybridized carbons (Fsp3) is 0.545. The molecule has 1 aromatic rings. The van der Waals surface area contributed by atoms with Crippen molar-refractivity contribution in [1.82, 2.24) is 15.3 Å². The summed E-state index contributed by atoms with van der Waals surface area (Å²) in [4.78, 5) is 19.6. The zero-order valence-electron chi connectivity index (χ0n) is 9.73. The third kappa shape index (κ3) is 3.00. The number of hydrogen-bond donors (Lipinski definition) is 2. The van der Waals surface area contributed by atoms with Gasteiger partial charge in [-0.2, -0.15) is 0 Å². The highest BCUT2D eigenvalue weighted by Gasteiger charge is 2.29. The minimum Gasteiger partial charge on any atom is -0.349 e. The minimum absolute atomic E-state index is 0.129. The Labute approximate surface area is 95.5 Å². The molecule has 5 heteroatoms. The van der Waals surface area contributed by atoms with Crippen molar-refractivity contribution in [2.45, 2.75) is 38.8 Å². The van der Waals surface area contributed by atoms with E-state index in [0.717, 1.165) is 5.69 Å². The molecule has 0 bridgehead atoms. The highest BCUT2D eigenvalue weighted by atomic mass is 16.2.